The maximum Gasteiger partial charge on any atom is 0.243 e. The van der Waals surface area contributed by atoms with Gasteiger partial charge in [0.1, 0.15) is 6.54 Å². The van der Waals surface area contributed by atoms with Gasteiger partial charge in [-0.1, -0.05) is 0 Å². The van der Waals surface area contributed by atoms with Crippen LogP contribution < -0.4 is 5.43 Å². The highest BCUT2D eigenvalue weighted by molar-refractivity contribution is 5.75. The molecule has 1 N–H and O–H groups in total. The van der Waals surface area contributed by atoms with Crippen LogP contribution in [0.1, 0.15) is 11.3 Å². The molecule has 0 radical (unpaired) electrons. The fraction of sp³-hybridized carbons (Fsp3) is 0.600. The van der Waals surface area contributed by atoms with Crippen molar-refractivity contribution >= 4 is 5.91 Å². The Labute approximate surface area is 94.8 Å². The van der Waals surface area contributed by atoms with Crippen LogP contribution in [0.2, 0.25) is 0 Å². The number of fused-ring (bicyclic) bond motifs is 1. The molecule has 0 unspecified atom stereocenters. The summed E-state index contributed by atoms with van der Waals surface area (Å²) in [6.45, 7) is 1.97. The summed E-state index contributed by atoms with van der Waals surface area (Å²) in [7, 11) is 5.40. The third-order valence-corrected chi connectivity index (χ3v) is 2.74. The Morgan fingerprint density at radius 2 is 2.31 bits per heavy atom. The van der Waals surface area contributed by atoms with Gasteiger partial charge in [-0.05, 0) is 7.05 Å². The molecule has 1 amide bonds. The Balaban J connectivity index is 2.03. The van der Waals surface area contributed by atoms with Crippen molar-refractivity contribution in [2.75, 3.05) is 21.1 Å². The predicted octanol–water partition coefficient (Wildman–Crippen LogP) is -0.579. The summed E-state index contributed by atoms with van der Waals surface area (Å²) in [4.78, 5) is 13.1. The molecule has 0 bridgehead atoms. The third-order valence-electron chi connectivity index (χ3n) is 2.74. The molecular weight excluding hydrogens is 206 g/mol. The summed E-state index contributed by atoms with van der Waals surface area (Å²) in [6, 6.07) is 0. The van der Waals surface area contributed by atoms with E-state index < -0.39 is 0 Å². The van der Waals surface area contributed by atoms with Crippen LogP contribution in [0.25, 0.3) is 0 Å². The Kier molecular flexibility index (Phi) is 2.93. The second-order valence-corrected chi connectivity index (χ2v) is 4.17. The normalized spacial score (nSPS) is 15.2. The van der Waals surface area contributed by atoms with Gasteiger partial charge >= 0.3 is 0 Å². The molecular formula is C10H17N5O. The molecule has 1 aromatic heterocycles. The van der Waals surface area contributed by atoms with E-state index in [0.717, 1.165) is 18.8 Å². The highest BCUT2D eigenvalue weighted by Crippen LogP contribution is 2.18. The van der Waals surface area contributed by atoms with E-state index in [2.05, 4.69) is 15.5 Å². The molecule has 0 spiro atoms. The minimum atomic E-state index is 0.0617. The lowest BCUT2D eigenvalue weighted by Gasteiger charge is -2.13. The molecule has 0 aromatic carbocycles. The van der Waals surface area contributed by atoms with E-state index in [0.29, 0.717) is 6.54 Å². The molecule has 16 heavy (non-hydrogen) atoms. The number of nitrogens with one attached hydrogen (secondary N) is 1. The van der Waals surface area contributed by atoms with E-state index in [-0.39, 0.29) is 5.91 Å². The van der Waals surface area contributed by atoms with Crippen molar-refractivity contribution in [2.24, 2.45) is 0 Å². The van der Waals surface area contributed by atoms with Crippen LogP contribution in [-0.4, -0.2) is 46.7 Å². The van der Waals surface area contributed by atoms with E-state index >= 15 is 0 Å². The molecule has 0 atom stereocenters. The number of nitrogens with zero attached hydrogens (tertiary/aromatic N) is 4. The average molecular weight is 223 g/mol. The minimum absolute atomic E-state index is 0.0617. The first-order valence-corrected chi connectivity index (χ1v) is 5.28. The van der Waals surface area contributed by atoms with Crippen molar-refractivity contribution in [2.45, 2.75) is 19.6 Å². The quantitative estimate of drug-likeness (QED) is 0.745. The second kappa shape index (κ2) is 4.23. The van der Waals surface area contributed by atoms with Gasteiger partial charge < -0.3 is 4.90 Å². The third kappa shape index (κ3) is 2.07. The first-order valence-electron chi connectivity index (χ1n) is 5.28. The molecule has 0 aliphatic carbocycles. The highest BCUT2D eigenvalue weighted by atomic mass is 16.2. The lowest BCUT2D eigenvalue weighted by molar-refractivity contribution is -0.129. The fourth-order valence-electron chi connectivity index (χ4n) is 1.73. The van der Waals surface area contributed by atoms with Gasteiger partial charge in [-0.15, -0.1) is 0 Å². The zero-order valence-corrected chi connectivity index (χ0v) is 9.90. The van der Waals surface area contributed by atoms with Gasteiger partial charge in [0.05, 0.1) is 12.2 Å². The Hall–Kier alpha value is -1.40. The highest BCUT2D eigenvalue weighted by Gasteiger charge is 2.21. The summed E-state index contributed by atoms with van der Waals surface area (Å²) in [5.74, 6) is 0.0617. The van der Waals surface area contributed by atoms with Crippen molar-refractivity contribution in [3.8, 4) is 0 Å². The number of carbonyl (C=O) groups excluding carboxylic acids is 1. The zero-order chi connectivity index (χ0) is 11.7. The molecule has 1 aromatic rings. The van der Waals surface area contributed by atoms with Crippen molar-refractivity contribution < 1.29 is 4.79 Å². The van der Waals surface area contributed by atoms with Gasteiger partial charge in [0.2, 0.25) is 5.91 Å². The van der Waals surface area contributed by atoms with E-state index in [1.165, 1.54) is 5.56 Å². The summed E-state index contributed by atoms with van der Waals surface area (Å²) in [5, 5.41) is 6.48. The second-order valence-electron chi connectivity index (χ2n) is 4.17. The topological polar surface area (TPSA) is 53.4 Å². The Morgan fingerprint density at radius 3 is 2.88 bits per heavy atom. The molecule has 2 rings (SSSR count). The van der Waals surface area contributed by atoms with Crippen LogP contribution in [0.4, 0.5) is 0 Å². The first-order chi connectivity index (χ1) is 7.60. The number of hydrazine groups is 1. The maximum atomic E-state index is 11.5. The standard InChI is InChI=1S/C10H17N5O/c1-11-14-4-8-5-15(12-9(8)6-14)7-10(16)13(2)3/h5,11H,4,6-7H2,1-3H3. The Bertz CT molecular complexity index is 374. The smallest absolute Gasteiger partial charge is 0.243 e. The SMILES string of the molecule is CNN1Cc2cn(CC(=O)N(C)C)nc2C1. The van der Waals surface area contributed by atoms with Crippen LogP contribution in [0.5, 0.6) is 0 Å². The van der Waals surface area contributed by atoms with E-state index in [1.54, 1.807) is 23.7 Å². The molecule has 0 saturated carbocycles. The monoisotopic (exact) mass is 223 g/mol. The van der Waals surface area contributed by atoms with Crippen LogP contribution >= 0.6 is 0 Å². The fourth-order valence-corrected chi connectivity index (χ4v) is 1.73. The summed E-state index contributed by atoms with van der Waals surface area (Å²) in [5.41, 5.74) is 5.34. The zero-order valence-electron chi connectivity index (χ0n) is 9.90. The molecule has 6 nitrogen and oxygen atoms in total. The number of hydrogen-bond donors (Lipinski definition) is 1. The van der Waals surface area contributed by atoms with Crippen LogP contribution in [0, 0.1) is 0 Å². The van der Waals surface area contributed by atoms with Crippen molar-refractivity contribution in [3.05, 3.63) is 17.5 Å². The summed E-state index contributed by atoms with van der Waals surface area (Å²) >= 11 is 0. The number of aromatic nitrogens is 2. The lowest BCUT2D eigenvalue weighted by Crippen LogP contribution is -2.30. The summed E-state index contributed by atoms with van der Waals surface area (Å²) in [6.07, 6.45) is 1.95. The Morgan fingerprint density at radius 1 is 1.56 bits per heavy atom. The number of rotatable bonds is 3. The van der Waals surface area contributed by atoms with E-state index in [4.69, 9.17) is 0 Å². The van der Waals surface area contributed by atoms with Crippen molar-refractivity contribution in [1.29, 1.82) is 0 Å². The van der Waals surface area contributed by atoms with Crippen LogP contribution in [0.15, 0.2) is 6.20 Å². The van der Waals surface area contributed by atoms with Gasteiger partial charge in [0, 0.05) is 32.4 Å². The van der Waals surface area contributed by atoms with E-state index in [9.17, 15) is 4.79 Å². The van der Waals surface area contributed by atoms with Crippen molar-refractivity contribution in [1.82, 2.24) is 25.1 Å². The molecule has 88 valence electrons. The van der Waals surface area contributed by atoms with Crippen LogP contribution in [-0.2, 0) is 24.4 Å². The number of hydrogen-bond acceptors (Lipinski definition) is 4. The molecule has 1 aliphatic heterocycles. The average Bonchev–Trinajstić information content (AvgIpc) is 2.74. The van der Waals surface area contributed by atoms with Gasteiger partial charge in [0.15, 0.2) is 0 Å². The predicted molar refractivity (Wildman–Crippen MR) is 59.2 cm³/mol. The molecule has 1 aliphatic rings. The van der Waals surface area contributed by atoms with Gasteiger partial charge in [0.25, 0.3) is 0 Å². The van der Waals surface area contributed by atoms with E-state index in [1.807, 2.05) is 13.2 Å². The van der Waals surface area contributed by atoms with Gasteiger partial charge in [-0.25, -0.2) is 5.01 Å². The number of likely N-dealkylation sites (N-methyl/N-ethyl adjacent to an activating group) is 1. The minimum Gasteiger partial charge on any atom is -0.347 e. The lowest BCUT2D eigenvalue weighted by atomic mass is 10.3. The molecule has 0 saturated heterocycles. The van der Waals surface area contributed by atoms with Gasteiger partial charge in [-0.3, -0.25) is 14.9 Å². The maximum absolute atomic E-state index is 11.5. The molecule has 0 fully saturated rings. The summed E-state index contributed by atoms with van der Waals surface area (Å²) < 4.78 is 1.72. The molecule has 2 heterocycles. The number of amides is 1. The van der Waals surface area contributed by atoms with Gasteiger partial charge in [-0.2, -0.15) is 5.10 Å². The molecule has 6 heteroatoms. The number of carbonyl (C=O) groups is 1. The largest absolute Gasteiger partial charge is 0.347 e. The first kappa shape index (κ1) is 11.1. The van der Waals surface area contributed by atoms with Crippen molar-refractivity contribution in [3.63, 3.8) is 0 Å². The van der Waals surface area contributed by atoms with Crippen LogP contribution in [0.3, 0.4) is 0 Å².